The van der Waals surface area contributed by atoms with Crippen LogP contribution in [0.15, 0.2) is 69.2 Å². The van der Waals surface area contributed by atoms with Gasteiger partial charge in [0.1, 0.15) is 11.3 Å². The first-order valence-corrected chi connectivity index (χ1v) is 11.0. The van der Waals surface area contributed by atoms with E-state index in [0.717, 1.165) is 25.5 Å². The Morgan fingerprint density at radius 2 is 1.65 bits per heavy atom. The van der Waals surface area contributed by atoms with Crippen molar-refractivity contribution in [2.45, 2.75) is 36.0 Å². The first-order chi connectivity index (χ1) is 12.7. The fourth-order valence-corrected chi connectivity index (χ4v) is 5.06. The van der Waals surface area contributed by atoms with E-state index >= 15 is 0 Å². The summed E-state index contributed by atoms with van der Waals surface area (Å²) in [5.74, 6) is 0. The lowest BCUT2D eigenvalue weighted by Gasteiger charge is -2.07. The van der Waals surface area contributed by atoms with E-state index in [2.05, 4.69) is 52.4 Å². The number of hydrogen-bond donors (Lipinski definition) is 0. The van der Waals surface area contributed by atoms with Gasteiger partial charge in [0.05, 0.1) is 11.2 Å². The maximum absolute atomic E-state index is 4.42. The molecule has 1 saturated carbocycles. The Hall–Kier alpha value is -1.31. The molecule has 0 bridgehead atoms. The SMILES string of the molecule is Brc1ccc2ncc(SC3CCCC3)n2c1.Brc1ccc2nccn2c1. The van der Waals surface area contributed by atoms with Gasteiger partial charge in [-0.3, -0.25) is 4.40 Å². The predicted molar refractivity (Wildman–Crippen MR) is 114 cm³/mol. The summed E-state index contributed by atoms with van der Waals surface area (Å²) in [5, 5.41) is 2.06. The molecule has 0 amide bonds. The van der Waals surface area contributed by atoms with Crippen LogP contribution in [0.4, 0.5) is 0 Å². The van der Waals surface area contributed by atoms with E-state index in [9.17, 15) is 0 Å². The zero-order chi connectivity index (χ0) is 17.9. The molecule has 0 atom stereocenters. The van der Waals surface area contributed by atoms with Crippen LogP contribution in [0, 0.1) is 0 Å². The molecule has 7 heteroatoms. The van der Waals surface area contributed by atoms with Gasteiger partial charge in [-0.25, -0.2) is 9.97 Å². The molecule has 0 aliphatic heterocycles. The first kappa shape index (κ1) is 18.1. The van der Waals surface area contributed by atoms with Gasteiger partial charge in [-0.15, -0.1) is 11.8 Å². The van der Waals surface area contributed by atoms with Gasteiger partial charge in [0.25, 0.3) is 0 Å². The van der Waals surface area contributed by atoms with Crippen molar-refractivity contribution in [2.75, 3.05) is 0 Å². The molecule has 0 radical (unpaired) electrons. The van der Waals surface area contributed by atoms with Crippen LogP contribution in [-0.2, 0) is 0 Å². The van der Waals surface area contributed by atoms with Crippen LogP contribution < -0.4 is 0 Å². The van der Waals surface area contributed by atoms with Gasteiger partial charge in [-0.1, -0.05) is 12.8 Å². The average molecular weight is 494 g/mol. The van der Waals surface area contributed by atoms with Crippen molar-refractivity contribution in [1.29, 1.82) is 0 Å². The Balaban J connectivity index is 0.000000144. The third kappa shape index (κ3) is 4.15. The third-order valence-corrected chi connectivity index (χ3v) is 6.66. The molecule has 4 aromatic rings. The van der Waals surface area contributed by atoms with Crippen molar-refractivity contribution in [3.05, 3.63) is 64.2 Å². The van der Waals surface area contributed by atoms with Crippen molar-refractivity contribution in [3.63, 3.8) is 0 Å². The number of fused-ring (bicyclic) bond motifs is 2. The van der Waals surface area contributed by atoms with E-state index in [0.29, 0.717) is 0 Å². The Kier molecular flexibility index (Phi) is 5.66. The summed E-state index contributed by atoms with van der Waals surface area (Å²) in [7, 11) is 0. The molecule has 134 valence electrons. The summed E-state index contributed by atoms with van der Waals surface area (Å²) >= 11 is 8.85. The van der Waals surface area contributed by atoms with Crippen LogP contribution in [0.25, 0.3) is 11.3 Å². The number of hydrogen-bond acceptors (Lipinski definition) is 3. The molecule has 1 aliphatic rings. The van der Waals surface area contributed by atoms with E-state index in [1.807, 2.05) is 59.0 Å². The molecule has 4 heterocycles. The minimum absolute atomic E-state index is 0.791. The van der Waals surface area contributed by atoms with E-state index in [1.165, 1.54) is 30.7 Å². The standard InChI is InChI=1S/C12H13BrN2S.C7H5BrN2/c13-9-5-6-11-14-7-12(15(11)8-9)16-10-3-1-2-4-10;8-6-1-2-7-9-3-4-10(7)5-6/h5-8,10H,1-4H2;1-5H. The molecule has 5 rings (SSSR count). The number of thioether (sulfide) groups is 1. The maximum atomic E-state index is 4.42. The van der Waals surface area contributed by atoms with Crippen LogP contribution in [0.5, 0.6) is 0 Å². The predicted octanol–water partition coefficient (Wildman–Crippen LogP) is 6.23. The maximum Gasteiger partial charge on any atom is 0.137 e. The first-order valence-electron chi connectivity index (χ1n) is 8.56. The van der Waals surface area contributed by atoms with Gasteiger partial charge in [-0.05, 0) is 69.0 Å². The molecule has 0 spiro atoms. The van der Waals surface area contributed by atoms with Gasteiger partial charge in [0, 0.05) is 39.0 Å². The molecule has 4 aromatic heterocycles. The second-order valence-electron chi connectivity index (χ2n) is 6.24. The highest BCUT2D eigenvalue weighted by atomic mass is 79.9. The van der Waals surface area contributed by atoms with Crippen LogP contribution in [0.3, 0.4) is 0 Å². The third-order valence-electron chi connectivity index (χ3n) is 4.38. The summed E-state index contributed by atoms with van der Waals surface area (Å²) in [6, 6.07) is 8.02. The smallest absolute Gasteiger partial charge is 0.137 e. The minimum atomic E-state index is 0.791. The quantitative estimate of drug-likeness (QED) is 0.332. The minimum Gasteiger partial charge on any atom is -0.306 e. The number of rotatable bonds is 2. The highest BCUT2D eigenvalue weighted by molar-refractivity contribution is 9.10. The van der Waals surface area contributed by atoms with Crippen molar-refractivity contribution in [3.8, 4) is 0 Å². The Morgan fingerprint density at radius 1 is 0.923 bits per heavy atom. The van der Waals surface area contributed by atoms with Gasteiger partial charge >= 0.3 is 0 Å². The van der Waals surface area contributed by atoms with Gasteiger partial charge in [-0.2, -0.15) is 0 Å². The zero-order valence-corrected chi connectivity index (χ0v) is 18.0. The van der Waals surface area contributed by atoms with E-state index < -0.39 is 0 Å². The average Bonchev–Trinajstić information content (AvgIpc) is 3.37. The lowest BCUT2D eigenvalue weighted by atomic mass is 10.4. The largest absolute Gasteiger partial charge is 0.306 e. The normalized spacial score (nSPS) is 14.7. The fourth-order valence-electron chi connectivity index (χ4n) is 3.09. The molecular weight excluding hydrogens is 476 g/mol. The monoisotopic (exact) mass is 492 g/mol. The summed E-state index contributed by atoms with van der Waals surface area (Å²) < 4.78 is 6.31. The number of halogens is 2. The second-order valence-corrected chi connectivity index (χ2v) is 9.39. The van der Waals surface area contributed by atoms with Crippen LogP contribution in [-0.4, -0.2) is 24.0 Å². The van der Waals surface area contributed by atoms with Crippen molar-refractivity contribution in [2.24, 2.45) is 0 Å². The summed E-state index contributed by atoms with van der Waals surface area (Å²) in [6.07, 6.45) is 15.2. The van der Waals surface area contributed by atoms with Crippen molar-refractivity contribution >= 4 is 54.9 Å². The molecule has 0 saturated heterocycles. The Morgan fingerprint density at radius 3 is 2.46 bits per heavy atom. The van der Waals surface area contributed by atoms with Crippen molar-refractivity contribution in [1.82, 2.24) is 18.8 Å². The van der Waals surface area contributed by atoms with Crippen LogP contribution in [0.2, 0.25) is 0 Å². The number of pyridine rings is 2. The molecule has 4 nitrogen and oxygen atoms in total. The summed E-state index contributed by atoms with van der Waals surface area (Å²) in [4.78, 5) is 8.53. The lowest BCUT2D eigenvalue weighted by molar-refractivity contribution is 0.886. The van der Waals surface area contributed by atoms with Gasteiger partial charge in [0.2, 0.25) is 0 Å². The fraction of sp³-hybridized carbons (Fsp3) is 0.263. The molecule has 0 unspecified atom stereocenters. The summed E-state index contributed by atoms with van der Waals surface area (Å²) in [5.41, 5.74) is 2.01. The molecular formula is C19H18Br2N4S. The molecule has 1 fully saturated rings. The van der Waals surface area contributed by atoms with Crippen LogP contribution >= 0.6 is 43.6 Å². The molecule has 26 heavy (non-hydrogen) atoms. The molecule has 1 aliphatic carbocycles. The lowest BCUT2D eigenvalue weighted by Crippen LogP contribution is -1.95. The summed E-state index contributed by atoms with van der Waals surface area (Å²) in [6.45, 7) is 0. The Bertz CT molecular complexity index is 1020. The van der Waals surface area contributed by atoms with E-state index in [-0.39, 0.29) is 0 Å². The highest BCUT2D eigenvalue weighted by Gasteiger charge is 2.17. The second kappa shape index (κ2) is 8.15. The number of aromatic nitrogens is 4. The molecule has 0 aromatic carbocycles. The van der Waals surface area contributed by atoms with E-state index in [4.69, 9.17) is 0 Å². The van der Waals surface area contributed by atoms with Crippen molar-refractivity contribution < 1.29 is 0 Å². The van der Waals surface area contributed by atoms with Gasteiger partial charge in [0.15, 0.2) is 0 Å². The Labute approximate surface area is 173 Å². The van der Waals surface area contributed by atoms with E-state index in [1.54, 1.807) is 6.20 Å². The van der Waals surface area contributed by atoms with Crippen LogP contribution in [0.1, 0.15) is 25.7 Å². The van der Waals surface area contributed by atoms with Gasteiger partial charge < -0.3 is 4.40 Å². The number of imidazole rings is 2. The topological polar surface area (TPSA) is 34.6 Å². The highest BCUT2D eigenvalue weighted by Crippen LogP contribution is 2.35. The number of nitrogens with zero attached hydrogens (tertiary/aromatic N) is 4. The zero-order valence-electron chi connectivity index (χ0n) is 14.1. The molecule has 0 N–H and O–H groups in total.